The van der Waals surface area contributed by atoms with Crippen molar-refractivity contribution in [3.05, 3.63) is 59.3 Å². The minimum atomic E-state index is -1.40. The normalized spacial score (nSPS) is 53.5. The van der Waals surface area contributed by atoms with Crippen molar-refractivity contribution in [1.29, 1.82) is 0 Å². The zero-order valence-electron chi connectivity index (χ0n) is 45.5. The number of Topliss-reactive ketones (excluding diaryl/α,β-unsaturated/α-hetero) is 1. The third-order valence-corrected chi connectivity index (χ3v) is 25.8. The maximum absolute atomic E-state index is 12.4. The molecule has 6 nitrogen and oxygen atoms in total. The Balaban J connectivity index is 0.000000122. The topological polar surface area (TPSA) is 112 Å². The van der Waals surface area contributed by atoms with Crippen LogP contribution in [0.25, 0.3) is 0 Å². The van der Waals surface area contributed by atoms with Crippen molar-refractivity contribution in [3.63, 3.8) is 0 Å². The van der Waals surface area contributed by atoms with E-state index >= 15 is 0 Å². The second-order valence-electron chi connectivity index (χ2n) is 28.7. The van der Waals surface area contributed by atoms with Gasteiger partial charge in [-0.2, -0.15) is 0 Å². The van der Waals surface area contributed by atoms with Gasteiger partial charge in [-0.15, -0.1) is 0 Å². The molecule has 70 heavy (non-hydrogen) atoms. The highest BCUT2D eigenvalue weighted by molar-refractivity contribution is 6.01. The van der Waals surface area contributed by atoms with Crippen LogP contribution in [0.4, 0.5) is 0 Å². The van der Waals surface area contributed by atoms with E-state index in [4.69, 9.17) is 0 Å². The molecule has 0 aromatic rings. The summed E-state index contributed by atoms with van der Waals surface area (Å²) in [5, 5.41) is 31.7. The van der Waals surface area contributed by atoms with E-state index in [0.29, 0.717) is 58.7 Å². The van der Waals surface area contributed by atoms with Gasteiger partial charge in [0.15, 0.2) is 17.3 Å². The number of carbonyl (C=O) groups is 3. The lowest BCUT2D eigenvalue weighted by molar-refractivity contribution is -0.169. The van der Waals surface area contributed by atoms with E-state index in [1.54, 1.807) is 12.2 Å². The number of hydrogen-bond acceptors (Lipinski definition) is 6. The van der Waals surface area contributed by atoms with Crippen LogP contribution in [0, 0.1) is 109 Å². The smallest absolute Gasteiger partial charge is 0.190 e. The molecule has 12 aliphatic rings. The molecule has 0 amide bonds. The molecular formula is C64H94O6. The van der Waals surface area contributed by atoms with E-state index in [1.807, 2.05) is 17.7 Å². The lowest BCUT2D eigenvalue weighted by Crippen LogP contribution is -2.59. The molecule has 12 rings (SSSR count). The number of rotatable bonds is 2. The summed E-state index contributed by atoms with van der Waals surface area (Å²) >= 11 is 0. The zero-order chi connectivity index (χ0) is 50.4. The van der Waals surface area contributed by atoms with Gasteiger partial charge in [0.1, 0.15) is 12.2 Å². The van der Waals surface area contributed by atoms with Crippen LogP contribution in [0.3, 0.4) is 0 Å². The van der Waals surface area contributed by atoms with Crippen molar-refractivity contribution in [3.8, 4) is 0 Å². The molecule has 0 heterocycles. The highest BCUT2D eigenvalue weighted by Gasteiger charge is 2.68. The van der Waals surface area contributed by atoms with Gasteiger partial charge in [-0.3, -0.25) is 14.4 Å². The summed E-state index contributed by atoms with van der Waals surface area (Å²) in [7, 11) is 0. The summed E-state index contributed by atoms with van der Waals surface area (Å²) in [5.74, 6) is 8.76. The van der Waals surface area contributed by atoms with E-state index < -0.39 is 29.0 Å². The standard InChI is InChI=1S/C22H30O4.C21H30O2.C21H34/c1-13-11-21(3)17(7-9-22(21,26)18(25)12-23)16-5-4-14-10-15(24)6-8-20(14,2)19(13)16;1-13-12-20(3)17(8-10-21(20,4)23)16-6-5-14-11-15(22)7-9-19(14,2)18(13)16;1-14-9-11-21(4)16(13-14)6-7-17-18-8-5-15(2)20(18,3)12-10-19(17)21/h6,8,10,13,16-17,19,23,26H,4-5,7,9,11-12H2,1-3H3;7,9,11,13,16-18,23H,5-6,8,10,12H2,1-4H3;6,14-15,17-19H,5,7-13H2,1-4H3. The average molecular weight is 959 g/mol. The highest BCUT2D eigenvalue weighted by atomic mass is 16.3. The first-order valence-electron chi connectivity index (χ1n) is 29.0. The number of ketones is 3. The predicted molar refractivity (Wildman–Crippen MR) is 280 cm³/mol. The number of aliphatic hydroxyl groups is 3. The van der Waals surface area contributed by atoms with E-state index in [0.717, 1.165) is 81.0 Å². The molecule has 21 unspecified atom stereocenters. The molecule has 0 aromatic heterocycles. The molecule has 21 atom stereocenters. The summed E-state index contributed by atoms with van der Waals surface area (Å²) in [5.41, 5.74) is 3.31. The Morgan fingerprint density at radius 3 is 1.73 bits per heavy atom. The van der Waals surface area contributed by atoms with E-state index in [1.165, 1.54) is 68.9 Å². The van der Waals surface area contributed by atoms with Gasteiger partial charge in [-0.05, 0) is 240 Å². The molecule has 9 saturated carbocycles. The van der Waals surface area contributed by atoms with E-state index in [9.17, 15) is 29.7 Å². The van der Waals surface area contributed by atoms with Gasteiger partial charge in [-0.25, -0.2) is 0 Å². The Kier molecular flexibility index (Phi) is 12.6. The van der Waals surface area contributed by atoms with Crippen LogP contribution >= 0.6 is 0 Å². The summed E-state index contributed by atoms with van der Waals surface area (Å²) in [6, 6.07) is 0. The van der Waals surface area contributed by atoms with Gasteiger partial charge in [0.05, 0.1) is 5.60 Å². The van der Waals surface area contributed by atoms with Crippen LogP contribution in [0.2, 0.25) is 0 Å². The van der Waals surface area contributed by atoms with Crippen molar-refractivity contribution < 1.29 is 29.7 Å². The van der Waals surface area contributed by atoms with E-state index in [-0.39, 0.29) is 33.7 Å². The summed E-state index contributed by atoms with van der Waals surface area (Å²) in [6.45, 7) is 25.4. The van der Waals surface area contributed by atoms with Gasteiger partial charge in [0.25, 0.3) is 0 Å². The number of allylic oxidation sites excluding steroid dienone is 10. The van der Waals surface area contributed by atoms with Crippen LogP contribution in [0.15, 0.2) is 59.3 Å². The van der Waals surface area contributed by atoms with Crippen molar-refractivity contribution in [2.45, 2.75) is 203 Å². The van der Waals surface area contributed by atoms with Crippen LogP contribution in [0.1, 0.15) is 192 Å². The fourth-order valence-electron chi connectivity index (χ4n) is 21.7. The largest absolute Gasteiger partial charge is 0.390 e. The van der Waals surface area contributed by atoms with Gasteiger partial charge < -0.3 is 15.3 Å². The summed E-state index contributed by atoms with van der Waals surface area (Å²) < 4.78 is 0. The zero-order valence-corrected chi connectivity index (χ0v) is 45.5. The molecule has 0 bridgehead atoms. The highest BCUT2D eigenvalue weighted by Crippen LogP contribution is 2.71. The van der Waals surface area contributed by atoms with Crippen molar-refractivity contribution in [2.75, 3.05) is 6.61 Å². The first kappa shape index (κ1) is 51.1. The summed E-state index contributed by atoms with van der Waals surface area (Å²) in [4.78, 5) is 36.1. The summed E-state index contributed by atoms with van der Waals surface area (Å²) in [6.07, 6.45) is 35.5. The second-order valence-corrected chi connectivity index (χ2v) is 28.7. The molecule has 0 aromatic carbocycles. The molecule has 386 valence electrons. The fourth-order valence-corrected chi connectivity index (χ4v) is 21.7. The Morgan fingerprint density at radius 2 is 1.14 bits per heavy atom. The van der Waals surface area contributed by atoms with E-state index in [2.05, 4.69) is 94.4 Å². The number of hydrogen-bond donors (Lipinski definition) is 3. The van der Waals surface area contributed by atoms with Gasteiger partial charge in [0.2, 0.25) is 0 Å². The molecule has 9 fully saturated rings. The van der Waals surface area contributed by atoms with Crippen molar-refractivity contribution in [2.24, 2.45) is 109 Å². The van der Waals surface area contributed by atoms with Crippen LogP contribution < -0.4 is 0 Å². The minimum Gasteiger partial charge on any atom is -0.390 e. The number of fused-ring (bicyclic) bond motifs is 15. The molecule has 6 heteroatoms. The quantitative estimate of drug-likeness (QED) is 0.238. The number of aliphatic hydroxyl groups excluding tert-OH is 1. The maximum Gasteiger partial charge on any atom is 0.190 e. The monoisotopic (exact) mass is 959 g/mol. The Bertz CT molecular complexity index is 2300. The molecule has 0 aliphatic heterocycles. The maximum atomic E-state index is 12.4. The SMILES string of the molecule is CC1CC2(C)C(CCC2(C)O)C2CCC3=CC(=O)C=CC3(C)C12.CC1CC2(C)C(CCC2(O)C(=O)CO)C2CCC3=CC(=O)C=CC3(C)C12.CC1CCC2(C)C(=CCC3C2CCC2(C)C(C)CCC32)C1. The Labute approximate surface area is 423 Å². The molecule has 0 spiro atoms. The molecular weight excluding hydrogens is 865 g/mol. The van der Waals surface area contributed by atoms with Gasteiger partial charge in [0, 0.05) is 16.2 Å². The second kappa shape index (κ2) is 17.3. The Morgan fingerprint density at radius 1 is 0.600 bits per heavy atom. The lowest BCUT2D eigenvalue weighted by atomic mass is 9.44. The van der Waals surface area contributed by atoms with Crippen molar-refractivity contribution >= 4 is 17.3 Å². The van der Waals surface area contributed by atoms with Crippen LogP contribution in [-0.4, -0.2) is 50.5 Å². The van der Waals surface area contributed by atoms with Gasteiger partial charge >= 0.3 is 0 Å². The van der Waals surface area contributed by atoms with Crippen LogP contribution in [-0.2, 0) is 14.4 Å². The fraction of sp³-hybridized carbons (Fsp3) is 0.797. The average Bonchev–Trinajstić information content (AvgIpc) is 3.86. The van der Waals surface area contributed by atoms with Gasteiger partial charge in [-0.1, -0.05) is 104 Å². The molecule has 3 N–H and O–H groups in total. The third-order valence-electron chi connectivity index (χ3n) is 25.8. The molecule has 0 radical (unpaired) electrons. The van der Waals surface area contributed by atoms with Crippen molar-refractivity contribution in [1.82, 2.24) is 0 Å². The first-order chi connectivity index (χ1) is 32.8. The van der Waals surface area contributed by atoms with Crippen LogP contribution in [0.5, 0.6) is 0 Å². The minimum absolute atomic E-state index is 0.0476. The number of carbonyl (C=O) groups excluding carboxylic acids is 3. The Hall–Kier alpha value is -2.41. The molecule has 0 saturated heterocycles. The first-order valence-corrected chi connectivity index (χ1v) is 29.0. The lowest BCUT2D eigenvalue weighted by Gasteiger charge is -2.60. The predicted octanol–water partition coefficient (Wildman–Crippen LogP) is 13.3. The third kappa shape index (κ3) is 7.30. The molecule has 12 aliphatic carbocycles.